The van der Waals surface area contributed by atoms with Crippen LogP contribution in [0.2, 0.25) is 0 Å². The van der Waals surface area contributed by atoms with Crippen LogP contribution in [0.3, 0.4) is 0 Å². The zero-order chi connectivity index (χ0) is 12.8. The number of carboxylic acid groups (broad SMARTS) is 1. The Bertz CT molecular complexity index is 392. The highest BCUT2D eigenvalue weighted by atomic mass is 19.1. The fourth-order valence-corrected chi connectivity index (χ4v) is 1.27. The van der Waals surface area contributed by atoms with Gasteiger partial charge in [0.15, 0.2) is 6.10 Å². The van der Waals surface area contributed by atoms with Gasteiger partial charge in [-0.1, -0.05) is 0 Å². The Morgan fingerprint density at radius 2 is 2.24 bits per heavy atom. The Hall–Kier alpha value is -1.62. The van der Waals surface area contributed by atoms with Crippen molar-refractivity contribution in [3.63, 3.8) is 0 Å². The molecule has 0 aromatic heterocycles. The minimum atomic E-state index is -1.08. The lowest BCUT2D eigenvalue weighted by Crippen LogP contribution is -2.30. The van der Waals surface area contributed by atoms with Gasteiger partial charge in [-0.25, -0.2) is 9.18 Å². The average Bonchev–Trinajstić information content (AvgIpc) is 2.28. The van der Waals surface area contributed by atoms with E-state index in [-0.39, 0.29) is 12.4 Å². The van der Waals surface area contributed by atoms with Crippen LogP contribution in [0.15, 0.2) is 18.2 Å². The first kappa shape index (κ1) is 13.4. The van der Waals surface area contributed by atoms with E-state index < -0.39 is 12.1 Å². The second kappa shape index (κ2) is 6.20. The topological polar surface area (TPSA) is 55.8 Å². The van der Waals surface area contributed by atoms with Gasteiger partial charge in [0.2, 0.25) is 0 Å². The summed E-state index contributed by atoms with van der Waals surface area (Å²) in [6.07, 6.45) is -1.01. The Labute approximate surface area is 99.0 Å². The monoisotopic (exact) mass is 242 g/mol. The number of benzene rings is 1. The second-order valence-electron chi connectivity index (χ2n) is 3.50. The number of aliphatic carboxylic acids is 1. The number of hydrogen-bond acceptors (Lipinski definition) is 3. The molecule has 0 amide bonds. The number of carbonyl (C=O) groups is 1. The van der Waals surface area contributed by atoms with Crippen LogP contribution in [0.1, 0.15) is 12.5 Å². The van der Waals surface area contributed by atoms with Crippen LogP contribution >= 0.6 is 0 Å². The third kappa shape index (κ3) is 4.03. The first-order chi connectivity index (χ1) is 8.04. The summed E-state index contributed by atoms with van der Waals surface area (Å²) in [7, 11) is 0. The van der Waals surface area contributed by atoms with Crippen molar-refractivity contribution in [3.8, 4) is 5.75 Å². The van der Waals surface area contributed by atoms with Gasteiger partial charge in [-0.15, -0.1) is 0 Å². The summed E-state index contributed by atoms with van der Waals surface area (Å²) in [6.45, 7) is 3.51. The van der Waals surface area contributed by atoms with Gasteiger partial charge in [0.25, 0.3) is 0 Å². The molecule has 1 rings (SSSR count). The maximum atomic E-state index is 13.0. The second-order valence-corrected chi connectivity index (χ2v) is 3.50. The highest BCUT2D eigenvalue weighted by molar-refractivity contribution is 5.72. The third-order valence-electron chi connectivity index (χ3n) is 2.17. The molecular weight excluding hydrogens is 227 g/mol. The molecule has 0 aliphatic heterocycles. The standard InChI is InChI=1S/C12H15FO4/c1-3-16-11(12(14)15)7-17-9-4-5-10(13)8(2)6-9/h4-6,11H,3,7H2,1-2H3,(H,14,15). The fourth-order valence-electron chi connectivity index (χ4n) is 1.27. The first-order valence-corrected chi connectivity index (χ1v) is 5.28. The van der Waals surface area contributed by atoms with Crippen molar-refractivity contribution >= 4 is 5.97 Å². The zero-order valence-electron chi connectivity index (χ0n) is 9.77. The Balaban J connectivity index is 2.59. The zero-order valence-corrected chi connectivity index (χ0v) is 9.77. The fraction of sp³-hybridized carbons (Fsp3) is 0.417. The summed E-state index contributed by atoms with van der Waals surface area (Å²) >= 11 is 0. The van der Waals surface area contributed by atoms with Crippen molar-refractivity contribution in [2.24, 2.45) is 0 Å². The van der Waals surface area contributed by atoms with E-state index in [9.17, 15) is 9.18 Å². The maximum Gasteiger partial charge on any atom is 0.336 e. The van der Waals surface area contributed by atoms with Gasteiger partial charge >= 0.3 is 5.97 Å². The van der Waals surface area contributed by atoms with Gasteiger partial charge in [0.1, 0.15) is 18.2 Å². The van der Waals surface area contributed by atoms with E-state index in [4.69, 9.17) is 14.6 Å². The molecule has 1 atom stereocenters. The minimum Gasteiger partial charge on any atom is -0.490 e. The van der Waals surface area contributed by atoms with Crippen LogP contribution in [0.5, 0.6) is 5.75 Å². The van der Waals surface area contributed by atoms with E-state index in [2.05, 4.69) is 0 Å². The maximum absolute atomic E-state index is 13.0. The van der Waals surface area contributed by atoms with E-state index in [0.717, 1.165) is 0 Å². The van der Waals surface area contributed by atoms with Crippen LogP contribution in [-0.4, -0.2) is 30.4 Å². The van der Waals surface area contributed by atoms with Crippen molar-refractivity contribution in [1.29, 1.82) is 0 Å². The predicted molar refractivity (Wildman–Crippen MR) is 59.7 cm³/mol. The Morgan fingerprint density at radius 1 is 1.53 bits per heavy atom. The number of ether oxygens (including phenoxy) is 2. The van der Waals surface area contributed by atoms with Gasteiger partial charge in [0, 0.05) is 6.61 Å². The molecule has 0 aliphatic rings. The predicted octanol–water partition coefficient (Wildman–Crippen LogP) is 2.00. The molecule has 0 fully saturated rings. The molecule has 0 saturated carbocycles. The number of halogens is 1. The van der Waals surface area contributed by atoms with Crippen molar-refractivity contribution in [3.05, 3.63) is 29.6 Å². The van der Waals surface area contributed by atoms with Gasteiger partial charge in [-0.05, 0) is 37.6 Å². The third-order valence-corrected chi connectivity index (χ3v) is 2.17. The van der Waals surface area contributed by atoms with Crippen LogP contribution < -0.4 is 4.74 Å². The molecule has 17 heavy (non-hydrogen) atoms. The lowest BCUT2D eigenvalue weighted by atomic mass is 10.2. The summed E-state index contributed by atoms with van der Waals surface area (Å²) in [5.41, 5.74) is 0.450. The SMILES string of the molecule is CCOC(COc1ccc(F)c(C)c1)C(=O)O. The van der Waals surface area contributed by atoms with Crippen molar-refractivity contribution in [2.45, 2.75) is 20.0 Å². The van der Waals surface area contributed by atoms with E-state index in [0.29, 0.717) is 17.9 Å². The van der Waals surface area contributed by atoms with Crippen molar-refractivity contribution in [1.82, 2.24) is 0 Å². The molecular formula is C12H15FO4. The van der Waals surface area contributed by atoms with Crippen LogP contribution in [0.25, 0.3) is 0 Å². The van der Waals surface area contributed by atoms with Gasteiger partial charge in [-0.2, -0.15) is 0 Å². The van der Waals surface area contributed by atoms with Gasteiger partial charge in [0.05, 0.1) is 0 Å². The summed E-state index contributed by atoms with van der Waals surface area (Å²) in [5, 5.41) is 8.82. The van der Waals surface area contributed by atoms with Gasteiger partial charge < -0.3 is 14.6 Å². The molecule has 1 N–H and O–H groups in total. The van der Waals surface area contributed by atoms with E-state index in [1.807, 2.05) is 0 Å². The number of aryl methyl sites for hydroxylation is 1. The summed E-state index contributed by atoms with van der Waals surface area (Å²) in [4.78, 5) is 10.8. The van der Waals surface area contributed by atoms with Crippen molar-refractivity contribution < 1.29 is 23.8 Å². The van der Waals surface area contributed by atoms with Crippen LogP contribution in [0, 0.1) is 12.7 Å². The number of rotatable bonds is 6. The summed E-state index contributed by atoms with van der Waals surface area (Å²) < 4.78 is 23.2. The highest BCUT2D eigenvalue weighted by Gasteiger charge is 2.18. The molecule has 94 valence electrons. The molecule has 5 heteroatoms. The lowest BCUT2D eigenvalue weighted by molar-refractivity contribution is -0.152. The largest absolute Gasteiger partial charge is 0.490 e. The Morgan fingerprint density at radius 3 is 2.76 bits per heavy atom. The van der Waals surface area contributed by atoms with E-state index >= 15 is 0 Å². The molecule has 0 bridgehead atoms. The van der Waals surface area contributed by atoms with Crippen molar-refractivity contribution in [2.75, 3.05) is 13.2 Å². The molecule has 4 nitrogen and oxygen atoms in total. The Kier molecular flexibility index (Phi) is 4.90. The molecule has 0 aliphatic carbocycles. The van der Waals surface area contributed by atoms with Crippen LogP contribution in [-0.2, 0) is 9.53 Å². The van der Waals surface area contributed by atoms with E-state index in [1.165, 1.54) is 18.2 Å². The number of carboxylic acids is 1. The van der Waals surface area contributed by atoms with Gasteiger partial charge in [-0.3, -0.25) is 0 Å². The van der Waals surface area contributed by atoms with Crippen LogP contribution in [0.4, 0.5) is 4.39 Å². The first-order valence-electron chi connectivity index (χ1n) is 5.28. The lowest BCUT2D eigenvalue weighted by Gasteiger charge is -2.13. The summed E-state index contributed by atoms with van der Waals surface area (Å²) in [5.74, 6) is -0.975. The number of hydrogen-bond donors (Lipinski definition) is 1. The molecule has 1 aromatic rings. The normalized spacial score (nSPS) is 12.2. The van der Waals surface area contributed by atoms with E-state index in [1.54, 1.807) is 13.8 Å². The summed E-state index contributed by atoms with van der Waals surface area (Å²) in [6, 6.07) is 4.24. The molecule has 1 unspecified atom stereocenters. The molecule has 0 spiro atoms. The quantitative estimate of drug-likeness (QED) is 0.829. The smallest absolute Gasteiger partial charge is 0.336 e. The molecule has 1 aromatic carbocycles. The average molecular weight is 242 g/mol. The molecule has 0 saturated heterocycles. The molecule has 0 radical (unpaired) electrons. The highest BCUT2D eigenvalue weighted by Crippen LogP contribution is 2.16. The molecule has 0 heterocycles. The minimum absolute atomic E-state index is 0.103.